The van der Waals surface area contributed by atoms with Gasteiger partial charge in [-0.15, -0.1) is 0 Å². The third kappa shape index (κ3) is 17.5. The number of carbonyl (C=O) groups excluding carboxylic acids is 2. The Labute approximate surface area is 461 Å². The van der Waals surface area contributed by atoms with Crippen LogP contribution in [0, 0.1) is 0 Å². The molecule has 0 spiro atoms. The van der Waals surface area contributed by atoms with Crippen LogP contribution in [0.2, 0.25) is 0 Å². The number of amides is 2. The Bertz CT molecular complexity index is 2540. The zero-order valence-corrected chi connectivity index (χ0v) is 46.6. The third-order valence-electron chi connectivity index (χ3n) is 14.6. The summed E-state index contributed by atoms with van der Waals surface area (Å²) >= 11 is 0. The van der Waals surface area contributed by atoms with E-state index in [2.05, 4.69) is 66.3 Å². The molecule has 8 rings (SSSR count). The van der Waals surface area contributed by atoms with Crippen LogP contribution in [-0.2, 0) is 61.4 Å². The highest BCUT2D eigenvalue weighted by Gasteiger charge is 2.40. The maximum Gasteiger partial charge on any atom is 0.240 e. The summed E-state index contributed by atoms with van der Waals surface area (Å²) in [4.78, 5) is 31.8. The standard InChI is InChI=1S/C57H79N7O12S2/c1-62(42-54(65)58-24-32-71-36-38-73-34-26-60-77(67,68)48-20-16-46(17-21-48)75-56-50-14-6-4-12-44(50)40-52(56)63-28-8-2-9-29-63)43-55(66)59-25-33-72-37-39-74-35-27-61-78(69,70)49-22-18-47(19-23-49)76-57-51-15-7-5-13-45(51)41-53(57)64-30-10-3-11-31-64/h4-7,12-23,52-53,56-57,60-61H,2-3,8-11,24-43H2,1H3,(H,58,65)(H,59,66). The van der Waals surface area contributed by atoms with Crippen LogP contribution >= 0.6 is 0 Å². The topological polar surface area (TPSA) is 216 Å². The molecule has 0 bridgehead atoms. The van der Waals surface area contributed by atoms with Gasteiger partial charge in [0, 0.05) is 26.2 Å². The van der Waals surface area contributed by atoms with E-state index < -0.39 is 20.0 Å². The highest BCUT2D eigenvalue weighted by molar-refractivity contribution is 7.89. The Morgan fingerprint density at radius 2 is 0.846 bits per heavy atom. The third-order valence-corrected chi connectivity index (χ3v) is 17.5. The average molecular weight is 1120 g/mol. The van der Waals surface area contributed by atoms with Crippen LogP contribution in [0.4, 0.5) is 0 Å². The van der Waals surface area contributed by atoms with E-state index in [1.807, 2.05) is 12.1 Å². The summed E-state index contributed by atoms with van der Waals surface area (Å²) in [5, 5.41) is 5.52. The minimum absolute atomic E-state index is 0.0139. The van der Waals surface area contributed by atoms with Gasteiger partial charge in [-0.1, -0.05) is 61.4 Å². The molecular weight excluding hydrogens is 1040 g/mol. The van der Waals surface area contributed by atoms with Crippen LogP contribution in [0.25, 0.3) is 0 Å². The van der Waals surface area contributed by atoms with Crippen molar-refractivity contribution in [1.82, 2.24) is 34.8 Å². The molecule has 2 heterocycles. The minimum atomic E-state index is -3.75. The largest absolute Gasteiger partial charge is 0.484 e. The van der Waals surface area contributed by atoms with Crippen LogP contribution in [-0.4, -0.2) is 181 Å². The van der Waals surface area contributed by atoms with Gasteiger partial charge in [0.15, 0.2) is 0 Å². The number of carbonyl (C=O) groups is 2. The number of nitrogens with zero attached hydrogens (tertiary/aromatic N) is 3. The van der Waals surface area contributed by atoms with Crippen molar-refractivity contribution in [3.05, 3.63) is 119 Å². The van der Waals surface area contributed by atoms with Crippen molar-refractivity contribution >= 4 is 31.9 Å². The number of ether oxygens (including phenoxy) is 6. The number of nitrogens with one attached hydrogen (secondary N) is 4. The van der Waals surface area contributed by atoms with Crippen LogP contribution in [0.1, 0.15) is 73.0 Å². The molecule has 4 unspecified atom stereocenters. The van der Waals surface area contributed by atoms with Gasteiger partial charge in [0.25, 0.3) is 0 Å². The van der Waals surface area contributed by atoms with Gasteiger partial charge in [-0.25, -0.2) is 26.3 Å². The van der Waals surface area contributed by atoms with Gasteiger partial charge in [0.2, 0.25) is 31.9 Å². The second-order valence-electron chi connectivity index (χ2n) is 20.3. The molecule has 4 aromatic carbocycles. The van der Waals surface area contributed by atoms with E-state index in [4.69, 9.17) is 28.4 Å². The molecule has 19 nitrogen and oxygen atoms in total. The average Bonchev–Trinajstić information content (AvgIpc) is 4.02. The number of hydrogen-bond donors (Lipinski definition) is 4. The predicted molar refractivity (Wildman–Crippen MR) is 296 cm³/mol. The molecule has 2 amide bonds. The summed E-state index contributed by atoms with van der Waals surface area (Å²) in [5.41, 5.74) is 5.01. The zero-order chi connectivity index (χ0) is 54.6. The lowest BCUT2D eigenvalue weighted by Crippen LogP contribution is -2.43. The monoisotopic (exact) mass is 1120 g/mol. The Morgan fingerprint density at radius 3 is 1.23 bits per heavy atom. The fourth-order valence-corrected chi connectivity index (χ4v) is 12.7. The zero-order valence-electron chi connectivity index (χ0n) is 45.0. The molecule has 4 atom stereocenters. The Morgan fingerprint density at radius 1 is 0.487 bits per heavy atom. The van der Waals surface area contributed by atoms with Crippen molar-refractivity contribution in [1.29, 1.82) is 0 Å². The van der Waals surface area contributed by atoms with Gasteiger partial charge in [-0.05, 0) is 143 Å². The van der Waals surface area contributed by atoms with E-state index in [1.54, 1.807) is 60.5 Å². The summed E-state index contributed by atoms with van der Waals surface area (Å²) < 4.78 is 92.4. The van der Waals surface area contributed by atoms with E-state index in [9.17, 15) is 26.4 Å². The van der Waals surface area contributed by atoms with E-state index in [0.29, 0.717) is 11.5 Å². The SMILES string of the molecule is CN(CC(=O)NCCOCCOCCNS(=O)(=O)c1ccc(OC2c3ccccc3CC2N2CCCCC2)cc1)CC(=O)NCCOCCOCCNS(=O)(=O)c1ccc(OC2c3ccccc3CC2N2CCCCC2)cc1. The van der Waals surface area contributed by atoms with Gasteiger partial charge in [-0.3, -0.25) is 24.3 Å². The van der Waals surface area contributed by atoms with Crippen LogP contribution in [0.5, 0.6) is 11.5 Å². The molecule has 2 saturated heterocycles. The van der Waals surface area contributed by atoms with Crippen molar-refractivity contribution in [2.24, 2.45) is 0 Å². The molecule has 0 radical (unpaired) electrons. The first kappa shape index (κ1) is 59.1. The second kappa shape index (κ2) is 30.0. The lowest BCUT2D eigenvalue weighted by molar-refractivity contribution is -0.124. The number of hydrogen-bond acceptors (Lipinski definition) is 15. The highest BCUT2D eigenvalue weighted by atomic mass is 32.2. The maximum atomic E-state index is 13.0. The van der Waals surface area contributed by atoms with Gasteiger partial charge in [0.1, 0.15) is 23.7 Å². The van der Waals surface area contributed by atoms with Crippen molar-refractivity contribution in [3.63, 3.8) is 0 Å². The number of piperidine rings is 2. The summed E-state index contributed by atoms with van der Waals surface area (Å²) in [6.45, 7) is 6.85. The molecule has 2 aliphatic carbocycles. The van der Waals surface area contributed by atoms with Crippen LogP contribution in [0.15, 0.2) is 107 Å². The first-order valence-electron chi connectivity index (χ1n) is 27.6. The number of likely N-dealkylation sites (N-methyl/N-ethyl adjacent to an activating group) is 1. The molecule has 21 heteroatoms. The number of likely N-dealkylation sites (tertiary alicyclic amines) is 2. The molecule has 2 aliphatic heterocycles. The Hall–Kier alpha value is -5.04. The fourth-order valence-electron chi connectivity index (χ4n) is 10.7. The van der Waals surface area contributed by atoms with Crippen molar-refractivity contribution in [3.8, 4) is 11.5 Å². The summed E-state index contributed by atoms with van der Waals surface area (Å²) in [6.07, 6.45) is 8.96. The molecule has 4 aromatic rings. The van der Waals surface area contributed by atoms with E-state index >= 15 is 0 Å². The van der Waals surface area contributed by atoms with Crippen LogP contribution in [0.3, 0.4) is 0 Å². The van der Waals surface area contributed by atoms with E-state index in [1.165, 1.54) is 60.8 Å². The second-order valence-corrected chi connectivity index (χ2v) is 23.8. The smallest absolute Gasteiger partial charge is 0.240 e. The molecule has 2 fully saturated rings. The Kier molecular flexibility index (Phi) is 22.7. The quantitative estimate of drug-likeness (QED) is 0.0504. The van der Waals surface area contributed by atoms with Gasteiger partial charge in [0.05, 0.1) is 87.8 Å². The van der Waals surface area contributed by atoms with E-state index in [-0.39, 0.29) is 138 Å². The lowest BCUT2D eigenvalue weighted by atomic mass is 10.0. The molecule has 0 aromatic heterocycles. The van der Waals surface area contributed by atoms with Crippen molar-refractivity contribution in [2.45, 2.75) is 85.4 Å². The van der Waals surface area contributed by atoms with Gasteiger partial charge >= 0.3 is 0 Å². The first-order chi connectivity index (χ1) is 37.9. The predicted octanol–water partition coefficient (Wildman–Crippen LogP) is 4.24. The van der Waals surface area contributed by atoms with Crippen molar-refractivity contribution in [2.75, 3.05) is 125 Å². The number of rotatable bonds is 32. The Balaban J connectivity index is 0.594. The summed E-state index contributed by atoms with van der Waals surface area (Å²) in [7, 11) is -5.84. The number of sulfonamides is 2. The molecule has 4 N–H and O–H groups in total. The molecule has 0 saturated carbocycles. The molecule has 78 heavy (non-hydrogen) atoms. The fraction of sp³-hybridized carbons (Fsp3) is 0.544. The van der Waals surface area contributed by atoms with Crippen molar-refractivity contribution < 1.29 is 54.8 Å². The number of benzene rings is 4. The maximum absolute atomic E-state index is 13.0. The van der Waals surface area contributed by atoms with Gasteiger partial charge in [-0.2, -0.15) is 0 Å². The first-order valence-corrected chi connectivity index (χ1v) is 30.6. The summed E-state index contributed by atoms with van der Waals surface area (Å²) in [6, 6.07) is 30.5. The van der Waals surface area contributed by atoms with E-state index in [0.717, 1.165) is 39.0 Å². The van der Waals surface area contributed by atoms with Gasteiger partial charge < -0.3 is 39.1 Å². The van der Waals surface area contributed by atoms with Crippen LogP contribution < -0.4 is 29.6 Å². The molecule has 426 valence electrons. The number of fused-ring (bicyclic) bond motifs is 2. The summed E-state index contributed by atoms with van der Waals surface area (Å²) in [5.74, 6) is 0.740. The molecule has 4 aliphatic rings. The molecular formula is C57H79N7O12S2. The highest BCUT2D eigenvalue weighted by Crippen LogP contribution is 2.40. The minimum Gasteiger partial charge on any atom is -0.484 e. The normalized spacial score (nSPS) is 19.8. The lowest BCUT2D eigenvalue weighted by Gasteiger charge is -2.35.